The number of pyridine rings is 1. The summed E-state index contributed by atoms with van der Waals surface area (Å²) in [5.74, 6) is 0.482. The number of aromatic nitrogens is 5. The molecule has 0 aliphatic rings. The second-order valence-corrected chi connectivity index (χ2v) is 6.00. The summed E-state index contributed by atoms with van der Waals surface area (Å²) in [6, 6.07) is 3.86. The van der Waals surface area contributed by atoms with Gasteiger partial charge in [-0.2, -0.15) is 19.6 Å². The summed E-state index contributed by atoms with van der Waals surface area (Å²) in [5.41, 5.74) is 0.856. The van der Waals surface area contributed by atoms with Crippen molar-refractivity contribution in [3.8, 4) is 0 Å². The van der Waals surface area contributed by atoms with Crippen molar-refractivity contribution >= 4 is 45.1 Å². The van der Waals surface area contributed by atoms with Gasteiger partial charge in [-0.3, -0.25) is 0 Å². The van der Waals surface area contributed by atoms with E-state index in [1.807, 2.05) is 19.1 Å². The molecule has 96 valence electrons. The van der Waals surface area contributed by atoms with Crippen molar-refractivity contribution in [2.45, 2.75) is 17.0 Å². The predicted octanol–water partition coefficient (Wildman–Crippen LogP) is 3.39. The van der Waals surface area contributed by atoms with Crippen LogP contribution in [-0.2, 0) is 0 Å². The lowest BCUT2D eigenvalue weighted by Crippen LogP contribution is -2.00. The molecule has 19 heavy (non-hydrogen) atoms. The van der Waals surface area contributed by atoms with Gasteiger partial charge in [-0.1, -0.05) is 11.6 Å². The molecule has 0 aliphatic heterocycles. The number of hydrogen-bond acceptors (Lipinski definition) is 5. The number of halogens is 2. The summed E-state index contributed by atoms with van der Waals surface area (Å²) in [6.45, 7) is 1.90. The van der Waals surface area contributed by atoms with Gasteiger partial charge in [0.05, 0.1) is 0 Å². The Morgan fingerprint density at radius 2 is 2.16 bits per heavy atom. The van der Waals surface area contributed by atoms with Crippen LogP contribution in [0.3, 0.4) is 0 Å². The Hall–Kier alpha value is -1.18. The topological polar surface area (TPSA) is 56.0 Å². The molecule has 0 saturated heterocycles. The largest absolute Gasteiger partial charge is 0.254 e. The van der Waals surface area contributed by atoms with Crippen LogP contribution in [-0.4, -0.2) is 24.6 Å². The third kappa shape index (κ3) is 2.45. The monoisotopic (exact) mass is 355 g/mol. The van der Waals surface area contributed by atoms with Gasteiger partial charge in [0.1, 0.15) is 21.5 Å². The van der Waals surface area contributed by atoms with E-state index in [1.165, 1.54) is 18.1 Å². The molecule has 3 aromatic heterocycles. The molecule has 0 aliphatic carbocycles. The van der Waals surface area contributed by atoms with Crippen LogP contribution >= 0.6 is 39.3 Å². The van der Waals surface area contributed by atoms with Gasteiger partial charge >= 0.3 is 0 Å². The van der Waals surface area contributed by atoms with E-state index in [1.54, 1.807) is 10.7 Å². The van der Waals surface area contributed by atoms with Gasteiger partial charge in [-0.15, -0.1) is 0 Å². The minimum atomic E-state index is 0.431. The maximum Gasteiger partial charge on any atom is 0.254 e. The fourth-order valence-corrected chi connectivity index (χ4v) is 2.88. The van der Waals surface area contributed by atoms with Gasteiger partial charge in [0.2, 0.25) is 0 Å². The van der Waals surface area contributed by atoms with E-state index >= 15 is 0 Å². The highest BCUT2D eigenvalue weighted by Crippen LogP contribution is 2.31. The maximum atomic E-state index is 6.11. The molecule has 0 radical (unpaired) electrons. The molecule has 0 N–H and O–H groups in total. The van der Waals surface area contributed by atoms with E-state index in [4.69, 9.17) is 11.6 Å². The molecule has 3 rings (SSSR count). The highest BCUT2D eigenvalue weighted by molar-refractivity contribution is 9.10. The van der Waals surface area contributed by atoms with E-state index in [2.05, 4.69) is 36.0 Å². The molecule has 0 unspecified atom stereocenters. The van der Waals surface area contributed by atoms with E-state index in [0.717, 1.165) is 20.1 Å². The molecule has 0 fully saturated rings. The number of rotatable bonds is 2. The lowest BCUT2D eigenvalue weighted by Gasteiger charge is -2.07. The molecule has 0 atom stereocenters. The van der Waals surface area contributed by atoms with Crippen molar-refractivity contribution in [3.63, 3.8) is 0 Å². The van der Waals surface area contributed by atoms with Crippen molar-refractivity contribution in [1.82, 2.24) is 24.6 Å². The fourth-order valence-electron chi connectivity index (χ4n) is 1.52. The highest BCUT2D eigenvalue weighted by atomic mass is 79.9. The van der Waals surface area contributed by atoms with E-state index in [-0.39, 0.29) is 0 Å². The van der Waals surface area contributed by atoms with Crippen LogP contribution < -0.4 is 0 Å². The van der Waals surface area contributed by atoms with Gasteiger partial charge in [-0.05, 0) is 46.7 Å². The molecule has 3 aromatic rings. The molecule has 8 heteroatoms. The summed E-state index contributed by atoms with van der Waals surface area (Å²) in [6.07, 6.45) is 3.20. The van der Waals surface area contributed by atoms with Gasteiger partial charge < -0.3 is 0 Å². The van der Waals surface area contributed by atoms with Crippen molar-refractivity contribution in [1.29, 1.82) is 0 Å². The van der Waals surface area contributed by atoms with Crippen LogP contribution in [0.1, 0.15) is 5.56 Å². The van der Waals surface area contributed by atoms with Gasteiger partial charge in [0.25, 0.3) is 5.78 Å². The number of nitrogens with zero attached hydrogens (tertiary/aromatic N) is 5. The first kappa shape index (κ1) is 12.8. The van der Waals surface area contributed by atoms with Crippen LogP contribution in [0.2, 0.25) is 5.15 Å². The minimum absolute atomic E-state index is 0.431. The first-order chi connectivity index (χ1) is 9.15. The summed E-state index contributed by atoms with van der Waals surface area (Å²) >= 11 is 10.9. The van der Waals surface area contributed by atoms with Crippen LogP contribution in [0.4, 0.5) is 0 Å². The maximum absolute atomic E-state index is 6.11. The molecule has 3 heterocycles. The van der Waals surface area contributed by atoms with Crippen LogP contribution in [0.25, 0.3) is 5.78 Å². The van der Waals surface area contributed by atoms with Gasteiger partial charge in [0, 0.05) is 16.2 Å². The minimum Gasteiger partial charge on any atom is -0.248 e. The molecular formula is C11H7BrClN5S. The third-order valence-electron chi connectivity index (χ3n) is 2.45. The molecule has 5 nitrogen and oxygen atoms in total. The molecule has 0 amide bonds. The Morgan fingerprint density at radius 1 is 1.32 bits per heavy atom. The van der Waals surface area contributed by atoms with Crippen LogP contribution in [0.15, 0.2) is 39.2 Å². The molecular weight excluding hydrogens is 350 g/mol. The Bertz CT molecular complexity index is 743. The van der Waals surface area contributed by atoms with Crippen molar-refractivity contribution in [3.05, 3.63) is 39.8 Å². The Labute approximate surface area is 126 Å². The van der Waals surface area contributed by atoms with Crippen molar-refractivity contribution < 1.29 is 0 Å². The Balaban J connectivity index is 2.11. The van der Waals surface area contributed by atoms with Crippen molar-refractivity contribution in [2.24, 2.45) is 0 Å². The van der Waals surface area contributed by atoms with Gasteiger partial charge in [-0.25, -0.2) is 4.98 Å². The first-order valence-electron chi connectivity index (χ1n) is 5.30. The van der Waals surface area contributed by atoms with E-state index in [9.17, 15) is 0 Å². The van der Waals surface area contributed by atoms with E-state index in [0.29, 0.717) is 10.9 Å². The quantitative estimate of drug-likeness (QED) is 0.659. The highest BCUT2D eigenvalue weighted by Gasteiger charge is 2.14. The zero-order chi connectivity index (χ0) is 13.4. The zero-order valence-electron chi connectivity index (χ0n) is 9.71. The summed E-state index contributed by atoms with van der Waals surface area (Å²) in [5, 5.41) is 6.31. The second kappa shape index (κ2) is 5.07. The molecule has 0 spiro atoms. The third-order valence-corrected chi connectivity index (χ3v) is 4.41. The SMILES string of the molecule is Cc1c(Cl)nc2ncnn2c1Sc1ccc(Br)cn1. The number of fused-ring (bicyclic) bond motifs is 1. The van der Waals surface area contributed by atoms with Crippen LogP contribution in [0, 0.1) is 6.92 Å². The zero-order valence-corrected chi connectivity index (χ0v) is 12.9. The van der Waals surface area contributed by atoms with Crippen LogP contribution in [0.5, 0.6) is 0 Å². The lowest BCUT2D eigenvalue weighted by molar-refractivity contribution is 0.824. The van der Waals surface area contributed by atoms with Crippen molar-refractivity contribution in [2.75, 3.05) is 0 Å². The normalized spacial score (nSPS) is 11.1. The molecule has 0 aromatic carbocycles. The van der Waals surface area contributed by atoms with E-state index < -0.39 is 0 Å². The fraction of sp³-hybridized carbons (Fsp3) is 0.0909. The standard InChI is InChI=1S/C11H7BrClN5S/c1-6-9(13)17-11-15-5-16-18(11)10(6)19-8-3-2-7(12)4-14-8/h2-5H,1H3. The summed E-state index contributed by atoms with van der Waals surface area (Å²) in [7, 11) is 0. The van der Waals surface area contributed by atoms with Gasteiger partial charge in [0.15, 0.2) is 0 Å². The average molecular weight is 357 g/mol. The summed E-state index contributed by atoms with van der Waals surface area (Å²) < 4.78 is 2.60. The average Bonchev–Trinajstić information content (AvgIpc) is 2.85. The Kier molecular flexibility index (Phi) is 3.42. The molecule has 0 saturated carbocycles. The summed E-state index contributed by atoms with van der Waals surface area (Å²) in [4.78, 5) is 12.5. The second-order valence-electron chi connectivity index (χ2n) is 3.72. The smallest absolute Gasteiger partial charge is 0.248 e. The number of hydrogen-bond donors (Lipinski definition) is 0. The Morgan fingerprint density at radius 3 is 2.89 bits per heavy atom. The molecule has 0 bridgehead atoms. The first-order valence-corrected chi connectivity index (χ1v) is 7.29. The lowest BCUT2D eigenvalue weighted by atomic mass is 10.4. The predicted molar refractivity (Wildman–Crippen MR) is 76.6 cm³/mol.